The predicted molar refractivity (Wildman–Crippen MR) is 59.3 cm³/mol. The zero-order valence-electron chi connectivity index (χ0n) is 8.42. The van der Waals surface area contributed by atoms with Gasteiger partial charge in [0.25, 0.3) is 10.0 Å². The van der Waals surface area contributed by atoms with Gasteiger partial charge in [0.2, 0.25) is 0 Å². The third kappa shape index (κ3) is 1.98. The molecule has 7 heteroatoms. The van der Waals surface area contributed by atoms with Crippen LogP contribution in [0.1, 0.15) is 23.2 Å². The Bertz CT molecular complexity index is 499. The van der Waals surface area contributed by atoms with Crippen molar-refractivity contribution in [2.75, 3.05) is 13.1 Å². The zero-order valence-corrected chi connectivity index (χ0v) is 10.1. The van der Waals surface area contributed by atoms with Crippen molar-refractivity contribution in [1.29, 1.82) is 0 Å². The van der Waals surface area contributed by atoms with Gasteiger partial charge in [-0.3, -0.25) is 0 Å². The van der Waals surface area contributed by atoms with Crippen LogP contribution in [0.15, 0.2) is 15.7 Å². The van der Waals surface area contributed by atoms with Gasteiger partial charge in [-0.05, 0) is 18.9 Å². The summed E-state index contributed by atoms with van der Waals surface area (Å²) < 4.78 is 25.6. The molecule has 88 valence electrons. The Morgan fingerprint density at radius 1 is 1.38 bits per heavy atom. The van der Waals surface area contributed by atoms with Crippen LogP contribution in [0, 0.1) is 0 Å². The first-order valence-corrected chi connectivity index (χ1v) is 7.16. The van der Waals surface area contributed by atoms with Gasteiger partial charge in [0, 0.05) is 18.5 Å². The topological polar surface area (TPSA) is 74.7 Å². The molecule has 1 saturated heterocycles. The van der Waals surface area contributed by atoms with Gasteiger partial charge in [0.1, 0.15) is 4.21 Å². The Morgan fingerprint density at radius 2 is 2.00 bits per heavy atom. The lowest BCUT2D eigenvalue weighted by Gasteiger charge is -2.13. The van der Waals surface area contributed by atoms with E-state index in [1.807, 2.05) is 0 Å². The van der Waals surface area contributed by atoms with E-state index in [9.17, 15) is 13.2 Å². The molecular weight excluding hydrogens is 250 g/mol. The van der Waals surface area contributed by atoms with Crippen LogP contribution in [0.3, 0.4) is 0 Å². The number of carboxylic acids is 1. The molecule has 5 nitrogen and oxygen atoms in total. The second kappa shape index (κ2) is 4.15. The van der Waals surface area contributed by atoms with Crippen molar-refractivity contribution >= 4 is 27.3 Å². The Labute approximate surface area is 97.4 Å². The van der Waals surface area contributed by atoms with Crippen LogP contribution >= 0.6 is 11.3 Å². The van der Waals surface area contributed by atoms with Gasteiger partial charge in [0.15, 0.2) is 0 Å². The predicted octanol–water partition coefficient (Wildman–Crippen LogP) is 1.23. The van der Waals surface area contributed by atoms with Crippen LogP contribution in [0.5, 0.6) is 0 Å². The first kappa shape index (κ1) is 11.6. The van der Waals surface area contributed by atoms with E-state index in [0.717, 1.165) is 24.2 Å². The highest BCUT2D eigenvalue weighted by atomic mass is 32.2. The molecule has 1 N–H and O–H groups in total. The fourth-order valence-electron chi connectivity index (χ4n) is 1.62. The standard InChI is InChI=1S/C9H11NO4S2/c11-9(12)7-5-8(15-6-7)16(13,14)10-3-1-2-4-10/h5-6H,1-4H2,(H,11,12). The largest absolute Gasteiger partial charge is 0.478 e. The van der Waals surface area contributed by atoms with Gasteiger partial charge in [-0.25, -0.2) is 13.2 Å². The van der Waals surface area contributed by atoms with Crippen molar-refractivity contribution in [3.63, 3.8) is 0 Å². The van der Waals surface area contributed by atoms with E-state index in [1.54, 1.807) is 0 Å². The lowest BCUT2D eigenvalue weighted by Crippen LogP contribution is -2.27. The second-order valence-electron chi connectivity index (χ2n) is 3.57. The van der Waals surface area contributed by atoms with Crippen LogP contribution in [-0.2, 0) is 10.0 Å². The second-order valence-corrected chi connectivity index (χ2v) is 6.65. The average Bonchev–Trinajstić information content (AvgIpc) is 2.90. The highest BCUT2D eigenvalue weighted by Gasteiger charge is 2.28. The van der Waals surface area contributed by atoms with E-state index in [2.05, 4.69) is 0 Å². The number of nitrogens with zero attached hydrogens (tertiary/aromatic N) is 1. The SMILES string of the molecule is O=C(O)c1csc(S(=O)(=O)N2CCCC2)c1. The summed E-state index contributed by atoms with van der Waals surface area (Å²) in [6.07, 6.45) is 1.74. The minimum absolute atomic E-state index is 0.0303. The van der Waals surface area contributed by atoms with Crippen molar-refractivity contribution in [1.82, 2.24) is 4.31 Å². The van der Waals surface area contributed by atoms with Crippen molar-refractivity contribution in [3.8, 4) is 0 Å². The van der Waals surface area contributed by atoms with Crippen molar-refractivity contribution in [2.24, 2.45) is 0 Å². The Morgan fingerprint density at radius 3 is 2.50 bits per heavy atom. The molecule has 2 heterocycles. The third-order valence-corrected chi connectivity index (χ3v) is 5.80. The normalized spacial score (nSPS) is 17.8. The first-order valence-electron chi connectivity index (χ1n) is 4.84. The van der Waals surface area contributed by atoms with Crippen LogP contribution in [0.4, 0.5) is 0 Å². The van der Waals surface area contributed by atoms with Gasteiger partial charge >= 0.3 is 5.97 Å². The van der Waals surface area contributed by atoms with Crippen molar-refractivity contribution in [2.45, 2.75) is 17.1 Å². The summed E-state index contributed by atoms with van der Waals surface area (Å²) in [4.78, 5) is 10.7. The maximum atomic E-state index is 12.0. The zero-order chi connectivity index (χ0) is 11.8. The molecule has 0 saturated carbocycles. The van der Waals surface area contributed by atoms with Crippen LogP contribution in [-0.4, -0.2) is 36.9 Å². The van der Waals surface area contributed by atoms with Gasteiger partial charge in [-0.15, -0.1) is 11.3 Å². The number of thiophene rings is 1. The number of aromatic carboxylic acids is 1. The lowest BCUT2D eigenvalue weighted by atomic mass is 10.4. The van der Waals surface area contributed by atoms with E-state index < -0.39 is 16.0 Å². The van der Waals surface area contributed by atoms with Crippen LogP contribution in [0.2, 0.25) is 0 Å². The monoisotopic (exact) mass is 261 g/mol. The first-order chi connectivity index (χ1) is 7.51. The molecule has 0 spiro atoms. The summed E-state index contributed by atoms with van der Waals surface area (Å²) in [5, 5.41) is 10.1. The Kier molecular flexibility index (Phi) is 3.00. The molecule has 0 radical (unpaired) electrons. The number of rotatable bonds is 3. The summed E-state index contributed by atoms with van der Waals surface area (Å²) in [7, 11) is -3.46. The minimum atomic E-state index is -3.46. The number of hydrogen-bond acceptors (Lipinski definition) is 4. The molecule has 0 aromatic carbocycles. The fourth-order valence-corrected chi connectivity index (χ4v) is 4.44. The molecule has 1 aromatic rings. The summed E-state index contributed by atoms with van der Waals surface area (Å²) in [6, 6.07) is 1.22. The van der Waals surface area contributed by atoms with Crippen molar-refractivity contribution in [3.05, 3.63) is 17.0 Å². The molecule has 0 atom stereocenters. The minimum Gasteiger partial charge on any atom is -0.478 e. The summed E-state index contributed by atoms with van der Waals surface area (Å²) in [6.45, 7) is 1.06. The fraction of sp³-hybridized carbons (Fsp3) is 0.444. The van der Waals surface area contributed by atoms with Crippen molar-refractivity contribution < 1.29 is 18.3 Å². The van der Waals surface area contributed by atoms with Gasteiger partial charge in [-0.2, -0.15) is 4.31 Å². The Balaban J connectivity index is 2.31. The maximum Gasteiger partial charge on any atom is 0.336 e. The molecule has 0 amide bonds. The van der Waals surface area contributed by atoms with Gasteiger partial charge < -0.3 is 5.11 Å². The van der Waals surface area contributed by atoms with Crippen LogP contribution < -0.4 is 0 Å². The number of hydrogen-bond donors (Lipinski definition) is 1. The van der Waals surface area contributed by atoms with E-state index >= 15 is 0 Å². The van der Waals surface area contributed by atoms with E-state index in [-0.39, 0.29) is 9.77 Å². The molecule has 0 unspecified atom stereocenters. The maximum absolute atomic E-state index is 12.0. The smallest absolute Gasteiger partial charge is 0.336 e. The molecular formula is C9H11NO4S2. The molecule has 1 aromatic heterocycles. The molecule has 2 rings (SSSR count). The highest BCUT2D eigenvalue weighted by Crippen LogP contribution is 2.26. The lowest BCUT2D eigenvalue weighted by molar-refractivity contribution is 0.0697. The van der Waals surface area contributed by atoms with Gasteiger partial charge in [-0.1, -0.05) is 0 Å². The number of carbonyl (C=O) groups is 1. The Hall–Kier alpha value is -0.920. The average molecular weight is 261 g/mol. The summed E-state index contributed by atoms with van der Waals surface area (Å²) in [5.41, 5.74) is 0.0303. The number of carboxylic acid groups (broad SMARTS) is 1. The molecule has 0 aliphatic carbocycles. The van der Waals surface area contributed by atoms with Gasteiger partial charge in [0.05, 0.1) is 5.56 Å². The summed E-state index contributed by atoms with van der Waals surface area (Å²) in [5.74, 6) is -1.10. The highest BCUT2D eigenvalue weighted by molar-refractivity contribution is 7.91. The molecule has 0 bridgehead atoms. The third-order valence-electron chi connectivity index (χ3n) is 2.48. The van der Waals surface area contributed by atoms with E-state index in [4.69, 9.17) is 5.11 Å². The molecule has 1 fully saturated rings. The molecule has 1 aliphatic heterocycles. The van der Waals surface area contributed by atoms with E-state index in [0.29, 0.717) is 13.1 Å². The number of sulfonamides is 1. The van der Waals surface area contributed by atoms with E-state index in [1.165, 1.54) is 15.8 Å². The summed E-state index contributed by atoms with van der Waals surface area (Å²) >= 11 is 0.961. The quantitative estimate of drug-likeness (QED) is 0.888. The molecule has 16 heavy (non-hydrogen) atoms. The van der Waals surface area contributed by atoms with Crippen LogP contribution in [0.25, 0.3) is 0 Å². The molecule has 1 aliphatic rings.